The summed E-state index contributed by atoms with van der Waals surface area (Å²) in [6.45, 7) is 6.30. The van der Waals surface area contributed by atoms with Crippen LogP contribution in [0.2, 0.25) is 0 Å². The second-order valence-electron chi connectivity index (χ2n) is 4.65. The van der Waals surface area contributed by atoms with Gasteiger partial charge in [0.2, 0.25) is 0 Å². The molecule has 0 radical (unpaired) electrons. The van der Waals surface area contributed by atoms with Crippen LogP contribution in [-0.2, 0) is 0 Å². The van der Waals surface area contributed by atoms with Gasteiger partial charge in [-0.1, -0.05) is 0 Å². The van der Waals surface area contributed by atoms with Gasteiger partial charge in [-0.05, 0) is 56.8 Å². The number of nitrogens with two attached hydrogens (primary N) is 1. The van der Waals surface area contributed by atoms with E-state index in [2.05, 4.69) is 15.3 Å². The Labute approximate surface area is 128 Å². The lowest BCUT2D eigenvalue weighted by Gasteiger charge is -2.10. The third-order valence-electron chi connectivity index (χ3n) is 2.75. The number of nitrogens with one attached hydrogen (secondary N) is 1. The Bertz CT molecular complexity index is 652. The van der Waals surface area contributed by atoms with E-state index in [4.69, 9.17) is 5.73 Å². The minimum absolute atomic E-state index is 0.121. The Morgan fingerprint density at radius 3 is 2.52 bits per heavy atom. The Balaban J connectivity index is 2.38. The van der Waals surface area contributed by atoms with Crippen molar-refractivity contribution in [2.45, 2.75) is 30.8 Å². The van der Waals surface area contributed by atoms with E-state index < -0.39 is 0 Å². The number of amides is 1. The van der Waals surface area contributed by atoms with Crippen molar-refractivity contribution in [3.8, 4) is 0 Å². The number of anilines is 1. The molecule has 21 heavy (non-hydrogen) atoms. The summed E-state index contributed by atoms with van der Waals surface area (Å²) in [7, 11) is 0. The molecule has 110 valence electrons. The molecule has 6 heteroatoms. The number of aromatic nitrogens is 2. The molecule has 0 aliphatic rings. The predicted octanol–water partition coefficient (Wildman–Crippen LogP) is 2.58. The van der Waals surface area contributed by atoms with Gasteiger partial charge in [-0.3, -0.25) is 4.79 Å². The molecule has 1 heterocycles. The number of carbonyl (C=O) groups is 1. The fourth-order valence-corrected chi connectivity index (χ4v) is 2.95. The van der Waals surface area contributed by atoms with Gasteiger partial charge in [-0.25, -0.2) is 9.97 Å². The highest BCUT2D eigenvalue weighted by atomic mass is 32.2. The largest absolute Gasteiger partial charge is 0.399 e. The predicted molar refractivity (Wildman–Crippen MR) is 84.5 cm³/mol. The first-order chi connectivity index (χ1) is 9.99. The van der Waals surface area contributed by atoms with E-state index in [0.29, 0.717) is 23.0 Å². The first-order valence-corrected chi connectivity index (χ1v) is 7.49. The minimum Gasteiger partial charge on any atom is -0.399 e. The first kappa shape index (κ1) is 15.3. The third-order valence-corrected chi connectivity index (χ3v) is 3.67. The van der Waals surface area contributed by atoms with Gasteiger partial charge in [0.15, 0.2) is 5.16 Å². The summed E-state index contributed by atoms with van der Waals surface area (Å²) in [6.07, 6.45) is 0. The van der Waals surface area contributed by atoms with Crippen LogP contribution in [0.4, 0.5) is 5.69 Å². The van der Waals surface area contributed by atoms with Crippen molar-refractivity contribution in [2.24, 2.45) is 0 Å². The van der Waals surface area contributed by atoms with E-state index in [1.54, 1.807) is 18.2 Å². The average Bonchev–Trinajstić information content (AvgIpc) is 2.37. The standard InChI is InChI=1S/C15H18N4OS/c1-4-17-14(20)12-6-5-11(16)8-13(12)21-15-18-9(2)7-10(3)19-15/h5-8H,4,16H2,1-3H3,(H,17,20). The molecule has 1 aromatic heterocycles. The SMILES string of the molecule is CCNC(=O)c1ccc(N)cc1Sc1nc(C)cc(C)n1. The lowest BCUT2D eigenvalue weighted by atomic mass is 10.2. The van der Waals surface area contributed by atoms with Crippen LogP contribution in [0.5, 0.6) is 0 Å². The average molecular weight is 302 g/mol. The summed E-state index contributed by atoms with van der Waals surface area (Å²) in [5.41, 5.74) is 8.81. The monoisotopic (exact) mass is 302 g/mol. The number of aryl methyl sites for hydroxylation is 2. The van der Waals surface area contributed by atoms with Crippen LogP contribution in [0, 0.1) is 13.8 Å². The molecule has 0 unspecified atom stereocenters. The summed E-state index contributed by atoms with van der Waals surface area (Å²) in [5.74, 6) is -0.121. The van der Waals surface area contributed by atoms with Gasteiger partial charge in [0.05, 0.1) is 5.56 Å². The van der Waals surface area contributed by atoms with Crippen molar-refractivity contribution in [3.63, 3.8) is 0 Å². The van der Waals surface area contributed by atoms with Crippen LogP contribution < -0.4 is 11.1 Å². The molecule has 1 amide bonds. The number of benzene rings is 1. The van der Waals surface area contributed by atoms with Gasteiger partial charge in [0.1, 0.15) is 0 Å². The molecule has 2 aromatic rings. The van der Waals surface area contributed by atoms with Crippen molar-refractivity contribution in [1.82, 2.24) is 15.3 Å². The molecular formula is C15H18N4OS. The van der Waals surface area contributed by atoms with E-state index in [1.807, 2.05) is 26.8 Å². The molecule has 0 bridgehead atoms. The maximum atomic E-state index is 12.1. The maximum Gasteiger partial charge on any atom is 0.252 e. The lowest BCUT2D eigenvalue weighted by molar-refractivity contribution is 0.0953. The summed E-state index contributed by atoms with van der Waals surface area (Å²) in [6, 6.07) is 7.13. The molecular weight excluding hydrogens is 284 g/mol. The molecule has 0 saturated carbocycles. The Hall–Kier alpha value is -2.08. The fourth-order valence-electron chi connectivity index (χ4n) is 1.90. The number of nitrogen functional groups attached to an aromatic ring is 1. The minimum atomic E-state index is -0.121. The summed E-state index contributed by atoms with van der Waals surface area (Å²) < 4.78 is 0. The fraction of sp³-hybridized carbons (Fsp3) is 0.267. The van der Waals surface area contributed by atoms with Crippen molar-refractivity contribution in [2.75, 3.05) is 12.3 Å². The quantitative estimate of drug-likeness (QED) is 0.670. The summed E-state index contributed by atoms with van der Waals surface area (Å²) >= 11 is 1.35. The van der Waals surface area contributed by atoms with Crippen molar-refractivity contribution in [1.29, 1.82) is 0 Å². The first-order valence-electron chi connectivity index (χ1n) is 6.67. The van der Waals surface area contributed by atoms with Crippen molar-refractivity contribution < 1.29 is 4.79 Å². The zero-order valence-electron chi connectivity index (χ0n) is 12.3. The third kappa shape index (κ3) is 3.95. The van der Waals surface area contributed by atoms with E-state index in [0.717, 1.165) is 16.3 Å². The van der Waals surface area contributed by atoms with Crippen LogP contribution in [0.1, 0.15) is 28.7 Å². The molecule has 2 rings (SSSR count). The van der Waals surface area contributed by atoms with E-state index in [-0.39, 0.29) is 5.91 Å². The molecule has 0 atom stereocenters. The smallest absolute Gasteiger partial charge is 0.252 e. The van der Waals surface area contributed by atoms with Crippen LogP contribution in [-0.4, -0.2) is 22.4 Å². The topological polar surface area (TPSA) is 80.9 Å². The zero-order valence-corrected chi connectivity index (χ0v) is 13.1. The summed E-state index contributed by atoms with van der Waals surface area (Å²) in [5, 5.41) is 3.41. The lowest BCUT2D eigenvalue weighted by Crippen LogP contribution is -2.23. The molecule has 0 spiro atoms. The van der Waals surface area contributed by atoms with Crippen molar-refractivity contribution in [3.05, 3.63) is 41.2 Å². The van der Waals surface area contributed by atoms with Gasteiger partial charge in [-0.15, -0.1) is 0 Å². The van der Waals surface area contributed by atoms with Gasteiger partial charge in [0.25, 0.3) is 5.91 Å². The summed E-state index contributed by atoms with van der Waals surface area (Å²) in [4.78, 5) is 21.6. The van der Waals surface area contributed by atoms with Gasteiger partial charge < -0.3 is 11.1 Å². The molecule has 1 aromatic carbocycles. The number of hydrogen-bond acceptors (Lipinski definition) is 5. The Kier molecular flexibility index (Phi) is 4.80. The second-order valence-corrected chi connectivity index (χ2v) is 5.66. The number of hydrogen-bond donors (Lipinski definition) is 2. The second kappa shape index (κ2) is 6.58. The highest BCUT2D eigenvalue weighted by Crippen LogP contribution is 2.30. The van der Waals surface area contributed by atoms with Gasteiger partial charge >= 0.3 is 0 Å². The molecule has 0 aliphatic carbocycles. The molecule has 3 N–H and O–H groups in total. The Morgan fingerprint density at radius 2 is 1.90 bits per heavy atom. The molecule has 0 aliphatic heterocycles. The maximum absolute atomic E-state index is 12.1. The van der Waals surface area contributed by atoms with Gasteiger partial charge in [0, 0.05) is 28.5 Å². The normalized spacial score (nSPS) is 10.4. The number of nitrogens with zero attached hydrogens (tertiary/aromatic N) is 2. The van der Waals surface area contributed by atoms with Crippen LogP contribution in [0.3, 0.4) is 0 Å². The molecule has 0 fully saturated rings. The number of rotatable bonds is 4. The van der Waals surface area contributed by atoms with Crippen LogP contribution >= 0.6 is 11.8 Å². The zero-order chi connectivity index (χ0) is 15.4. The molecule has 0 saturated heterocycles. The van der Waals surface area contributed by atoms with Gasteiger partial charge in [-0.2, -0.15) is 0 Å². The van der Waals surface area contributed by atoms with Crippen LogP contribution in [0.15, 0.2) is 34.3 Å². The van der Waals surface area contributed by atoms with E-state index in [1.165, 1.54) is 11.8 Å². The van der Waals surface area contributed by atoms with E-state index in [9.17, 15) is 4.79 Å². The number of carbonyl (C=O) groups excluding carboxylic acids is 1. The van der Waals surface area contributed by atoms with E-state index >= 15 is 0 Å². The van der Waals surface area contributed by atoms with Crippen LogP contribution in [0.25, 0.3) is 0 Å². The molecule has 5 nitrogen and oxygen atoms in total. The van der Waals surface area contributed by atoms with Crippen molar-refractivity contribution >= 4 is 23.4 Å². The highest BCUT2D eigenvalue weighted by molar-refractivity contribution is 7.99. The highest BCUT2D eigenvalue weighted by Gasteiger charge is 2.13. The Morgan fingerprint density at radius 1 is 1.24 bits per heavy atom.